The van der Waals surface area contributed by atoms with Crippen LogP contribution >= 0.6 is 0 Å². The lowest BCUT2D eigenvalue weighted by Crippen LogP contribution is -2.22. The zero-order valence-electron chi connectivity index (χ0n) is 12.9. The van der Waals surface area contributed by atoms with Crippen LogP contribution in [-0.2, 0) is 9.59 Å². The smallest absolute Gasteiger partial charge is 0.449 e. The molecule has 0 heterocycles. The average Bonchev–Trinajstić information content (AvgIpc) is 2.50. The van der Waals surface area contributed by atoms with Crippen LogP contribution in [0.1, 0.15) is 38.5 Å². The maximum absolute atomic E-state index is 12.0. The van der Waals surface area contributed by atoms with Crippen molar-refractivity contribution in [3.8, 4) is 5.75 Å². The minimum absolute atomic E-state index is 0.180. The number of methoxy groups -OCH3 is 1. The SMILES string of the molecule is COc1ccccc1NC(=O)CCCCCCC(=O)C(F)(F)F. The van der Waals surface area contributed by atoms with E-state index in [1.165, 1.54) is 7.11 Å². The fourth-order valence-electron chi connectivity index (χ4n) is 2.03. The summed E-state index contributed by atoms with van der Waals surface area (Å²) in [6.07, 6.45) is -3.13. The second-order valence-corrected chi connectivity index (χ2v) is 5.08. The molecule has 1 aromatic carbocycles. The van der Waals surface area contributed by atoms with Gasteiger partial charge in [0.1, 0.15) is 5.75 Å². The molecule has 0 aliphatic rings. The first-order valence-corrected chi connectivity index (χ1v) is 7.37. The van der Waals surface area contributed by atoms with Crippen LogP contribution in [0.2, 0.25) is 0 Å². The summed E-state index contributed by atoms with van der Waals surface area (Å²) in [5.41, 5.74) is 0.579. The number of ketones is 1. The Hall–Kier alpha value is -2.05. The number of amides is 1. The first-order valence-electron chi connectivity index (χ1n) is 7.37. The number of halogens is 3. The van der Waals surface area contributed by atoms with Gasteiger partial charge in [-0.1, -0.05) is 25.0 Å². The molecule has 0 saturated carbocycles. The highest BCUT2D eigenvalue weighted by Gasteiger charge is 2.36. The van der Waals surface area contributed by atoms with Gasteiger partial charge in [-0.05, 0) is 25.0 Å². The molecular formula is C16H20F3NO3. The molecule has 1 rings (SSSR count). The molecule has 1 aromatic rings. The summed E-state index contributed by atoms with van der Waals surface area (Å²) in [6, 6.07) is 7.01. The molecule has 4 nitrogen and oxygen atoms in total. The Morgan fingerprint density at radius 1 is 1.04 bits per heavy atom. The molecule has 0 unspecified atom stereocenters. The van der Waals surface area contributed by atoms with E-state index in [0.29, 0.717) is 30.7 Å². The van der Waals surface area contributed by atoms with E-state index in [9.17, 15) is 22.8 Å². The zero-order valence-corrected chi connectivity index (χ0v) is 12.9. The standard InChI is InChI=1S/C16H20F3NO3/c1-23-13-9-7-6-8-12(13)20-15(22)11-5-3-2-4-10-14(21)16(17,18)19/h6-9H,2-5,10-11H2,1H3,(H,20,22). The molecular weight excluding hydrogens is 311 g/mol. The number of hydrogen-bond donors (Lipinski definition) is 1. The molecule has 128 valence electrons. The third-order valence-corrected chi connectivity index (χ3v) is 3.25. The van der Waals surface area contributed by atoms with E-state index in [0.717, 1.165) is 0 Å². The lowest BCUT2D eigenvalue weighted by molar-refractivity contribution is -0.171. The summed E-state index contributed by atoms with van der Waals surface area (Å²) in [5, 5.41) is 2.72. The molecule has 0 aromatic heterocycles. The summed E-state index contributed by atoms with van der Waals surface area (Å²) in [5.74, 6) is -1.31. The fraction of sp³-hybridized carbons (Fsp3) is 0.500. The normalized spacial score (nSPS) is 11.1. The number of anilines is 1. The highest BCUT2D eigenvalue weighted by atomic mass is 19.4. The molecule has 23 heavy (non-hydrogen) atoms. The van der Waals surface area contributed by atoms with Crippen LogP contribution in [0.25, 0.3) is 0 Å². The number of ether oxygens (including phenoxy) is 1. The molecule has 0 fully saturated rings. The minimum Gasteiger partial charge on any atom is -0.495 e. The predicted molar refractivity (Wildman–Crippen MR) is 80.4 cm³/mol. The lowest BCUT2D eigenvalue weighted by Gasteiger charge is -2.09. The maximum Gasteiger partial charge on any atom is 0.449 e. The molecule has 0 radical (unpaired) electrons. The molecule has 0 atom stereocenters. The van der Waals surface area contributed by atoms with Crippen molar-refractivity contribution in [3.63, 3.8) is 0 Å². The van der Waals surface area contributed by atoms with Crippen molar-refractivity contribution in [2.45, 2.75) is 44.7 Å². The summed E-state index contributed by atoms with van der Waals surface area (Å²) in [6.45, 7) is 0. The van der Waals surface area contributed by atoms with Crippen molar-refractivity contribution in [1.82, 2.24) is 0 Å². The van der Waals surface area contributed by atoms with Crippen LogP contribution in [0, 0.1) is 0 Å². The molecule has 7 heteroatoms. The summed E-state index contributed by atoms with van der Waals surface area (Å²) in [4.78, 5) is 22.5. The van der Waals surface area contributed by atoms with E-state index >= 15 is 0 Å². The Labute approximate surface area is 133 Å². The number of benzene rings is 1. The Balaban J connectivity index is 2.19. The zero-order chi connectivity index (χ0) is 17.3. The summed E-state index contributed by atoms with van der Waals surface area (Å²) < 4.78 is 41.1. The van der Waals surface area contributed by atoms with E-state index in [4.69, 9.17) is 4.74 Å². The van der Waals surface area contributed by atoms with Crippen molar-refractivity contribution in [1.29, 1.82) is 0 Å². The molecule has 0 bridgehead atoms. The molecule has 0 spiro atoms. The first kappa shape index (κ1) is 19.0. The van der Waals surface area contributed by atoms with Gasteiger partial charge in [0.05, 0.1) is 12.8 Å². The Morgan fingerprint density at radius 2 is 1.65 bits per heavy atom. The van der Waals surface area contributed by atoms with Gasteiger partial charge in [-0.25, -0.2) is 0 Å². The number of para-hydroxylation sites is 2. The third kappa shape index (κ3) is 7.17. The third-order valence-electron chi connectivity index (χ3n) is 3.25. The Bertz CT molecular complexity index is 530. The summed E-state index contributed by atoms with van der Waals surface area (Å²) >= 11 is 0. The van der Waals surface area contributed by atoms with Gasteiger partial charge in [-0.3, -0.25) is 9.59 Å². The highest BCUT2D eigenvalue weighted by Crippen LogP contribution is 2.23. The fourth-order valence-corrected chi connectivity index (χ4v) is 2.03. The van der Waals surface area contributed by atoms with Crippen molar-refractivity contribution in [2.75, 3.05) is 12.4 Å². The van der Waals surface area contributed by atoms with Crippen LogP contribution in [0.4, 0.5) is 18.9 Å². The lowest BCUT2D eigenvalue weighted by atomic mass is 10.1. The second-order valence-electron chi connectivity index (χ2n) is 5.08. The molecule has 0 aliphatic heterocycles. The van der Waals surface area contributed by atoms with Gasteiger partial charge in [0.2, 0.25) is 11.7 Å². The van der Waals surface area contributed by atoms with Crippen LogP contribution in [0.15, 0.2) is 24.3 Å². The van der Waals surface area contributed by atoms with Gasteiger partial charge in [0, 0.05) is 12.8 Å². The van der Waals surface area contributed by atoms with Gasteiger partial charge in [-0.2, -0.15) is 13.2 Å². The number of carbonyl (C=O) groups is 2. The van der Waals surface area contributed by atoms with Gasteiger partial charge >= 0.3 is 6.18 Å². The van der Waals surface area contributed by atoms with Crippen LogP contribution < -0.4 is 10.1 Å². The number of nitrogens with one attached hydrogen (secondary N) is 1. The van der Waals surface area contributed by atoms with Gasteiger partial charge in [-0.15, -0.1) is 0 Å². The monoisotopic (exact) mass is 331 g/mol. The van der Waals surface area contributed by atoms with Crippen molar-refractivity contribution < 1.29 is 27.5 Å². The second kappa shape index (κ2) is 9.17. The first-order chi connectivity index (χ1) is 10.8. The topological polar surface area (TPSA) is 55.4 Å². The minimum atomic E-state index is -4.74. The molecule has 0 aliphatic carbocycles. The number of Topliss-reactive ketones (excluding diaryl/α,β-unsaturated/α-hetero) is 1. The van der Waals surface area contributed by atoms with E-state index in [1.54, 1.807) is 24.3 Å². The van der Waals surface area contributed by atoms with E-state index in [-0.39, 0.29) is 18.7 Å². The largest absolute Gasteiger partial charge is 0.495 e. The average molecular weight is 331 g/mol. The van der Waals surface area contributed by atoms with Crippen molar-refractivity contribution in [2.24, 2.45) is 0 Å². The van der Waals surface area contributed by atoms with E-state index < -0.39 is 18.4 Å². The predicted octanol–water partition coefficient (Wildman–Crippen LogP) is 4.11. The van der Waals surface area contributed by atoms with Gasteiger partial charge in [0.15, 0.2) is 0 Å². The van der Waals surface area contributed by atoms with E-state index in [2.05, 4.69) is 5.32 Å². The number of hydrogen-bond acceptors (Lipinski definition) is 3. The number of unbranched alkanes of at least 4 members (excludes halogenated alkanes) is 3. The summed E-state index contributed by atoms with van der Waals surface area (Å²) in [7, 11) is 1.51. The van der Waals surface area contributed by atoms with Crippen LogP contribution in [0.3, 0.4) is 0 Å². The molecule has 0 saturated heterocycles. The number of rotatable bonds is 9. The molecule has 1 N–H and O–H groups in total. The van der Waals surface area contributed by atoms with Gasteiger partial charge in [0.25, 0.3) is 0 Å². The Morgan fingerprint density at radius 3 is 2.26 bits per heavy atom. The maximum atomic E-state index is 12.0. The number of alkyl halides is 3. The Kier molecular flexibility index (Phi) is 7.57. The van der Waals surface area contributed by atoms with Crippen molar-refractivity contribution in [3.05, 3.63) is 24.3 Å². The molecule has 1 amide bonds. The van der Waals surface area contributed by atoms with Crippen LogP contribution in [-0.4, -0.2) is 25.0 Å². The van der Waals surface area contributed by atoms with Gasteiger partial charge < -0.3 is 10.1 Å². The quantitative estimate of drug-likeness (QED) is 0.693. The van der Waals surface area contributed by atoms with E-state index in [1.807, 2.05) is 0 Å². The number of carbonyl (C=O) groups excluding carboxylic acids is 2. The van der Waals surface area contributed by atoms with Crippen LogP contribution in [0.5, 0.6) is 5.75 Å². The highest BCUT2D eigenvalue weighted by molar-refractivity contribution is 5.92. The van der Waals surface area contributed by atoms with Crippen molar-refractivity contribution >= 4 is 17.4 Å².